The number of halogens is 2. The zero-order valence-electron chi connectivity index (χ0n) is 16.9. The largest absolute Gasteiger partial charge is 0.489 e. The predicted molar refractivity (Wildman–Crippen MR) is 113 cm³/mol. The highest BCUT2D eigenvalue weighted by Gasteiger charge is 2.31. The monoisotopic (exact) mass is 462 g/mol. The molecule has 0 aliphatic carbocycles. The van der Waals surface area contributed by atoms with E-state index in [-0.39, 0.29) is 28.0 Å². The molecule has 1 fully saturated rings. The molecule has 1 saturated heterocycles. The van der Waals surface area contributed by atoms with Crippen LogP contribution in [-0.4, -0.2) is 79.9 Å². The summed E-state index contributed by atoms with van der Waals surface area (Å²) in [6.07, 6.45) is 0.420. The van der Waals surface area contributed by atoms with E-state index in [4.69, 9.17) is 47.6 Å². The lowest BCUT2D eigenvalue weighted by molar-refractivity contribution is -0.0601. The van der Waals surface area contributed by atoms with E-state index < -0.39 is 6.29 Å². The van der Waals surface area contributed by atoms with Crippen molar-refractivity contribution in [2.45, 2.75) is 31.7 Å². The molecule has 0 aromatic heterocycles. The first-order valence-corrected chi connectivity index (χ1v) is 10.8. The summed E-state index contributed by atoms with van der Waals surface area (Å²) in [6, 6.07) is 1.50. The second kappa shape index (κ2) is 10.8. The third-order valence-electron chi connectivity index (χ3n) is 5.47. The molecule has 2 aliphatic heterocycles. The number of benzene rings is 1. The number of aliphatic hydroxyl groups is 2. The highest BCUT2D eigenvalue weighted by atomic mass is 35.5. The van der Waals surface area contributed by atoms with Crippen LogP contribution < -0.4 is 14.8 Å². The van der Waals surface area contributed by atoms with Crippen LogP contribution in [0.2, 0.25) is 10.0 Å². The van der Waals surface area contributed by atoms with Crippen molar-refractivity contribution in [3.8, 4) is 11.5 Å². The number of nitrogens with zero attached hydrogens (tertiary/aromatic N) is 1. The van der Waals surface area contributed by atoms with Crippen molar-refractivity contribution in [1.82, 2.24) is 10.2 Å². The zero-order chi connectivity index (χ0) is 21.7. The van der Waals surface area contributed by atoms with Gasteiger partial charge in [-0.1, -0.05) is 23.2 Å². The number of nitrogens with one attached hydrogen (secondary N) is 1. The fraction of sp³-hybridized carbons (Fsp3) is 0.650. The van der Waals surface area contributed by atoms with Crippen molar-refractivity contribution < 1.29 is 29.2 Å². The van der Waals surface area contributed by atoms with Gasteiger partial charge in [-0.3, -0.25) is 4.79 Å². The van der Waals surface area contributed by atoms with Crippen LogP contribution in [0.15, 0.2) is 6.07 Å². The summed E-state index contributed by atoms with van der Waals surface area (Å²) in [7, 11) is 1.65. The third kappa shape index (κ3) is 5.69. The maximum atomic E-state index is 12.9. The number of methoxy groups -OCH3 is 1. The maximum absolute atomic E-state index is 12.9. The van der Waals surface area contributed by atoms with Crippen LogP contribution in [0.4, 0.5) is 0 Å². The number of likely N-dealkylation sites (tertiary alicyclic amines) is 1. The maximum Gasteiger partial charge on any atom is 0.255 e. The van der Waals surface area contributed by atoms with Gasteiger partial charge in [0.25, 0.3) is 5.91 Å². The van der Waals surface area contributed by atoms with E-state index in [1.807, 2.05) is 0 Å². The topological polar surface area (TPSA) is 100 Å². The van der Waals surface area contributed by atoms with Gasteiger partial charge in [0.05, 0.1) is 29.9 Å². The third-order valence-corrected chi connectivity index (χ3v) is 6.24. The number of amides is 1. The van der Waals surface area contributed by atoms with Gasteiger partial charge in [0.1, 0.15) is 5.02 Å². The molecule has 1 aromatic carbocycles. The summed E-state index contributed by atoms with van der Waals surface area (Å²) in [6.45, 7) is 3.36. The van der Waals surface area contributed by atoms with Crippen molar-refractivity contribution in [2.24, 2.45) is 5.92 Å². The molecule has 2 heterocycles. The Balaban J connectivity index is 1.64. The van der Waals surface area contributed by atoms with Gasteiger partial charge in [-0.15, -0.1) is 0 Å². The molecular weight excluding hydrogens is 435 g/mol. The number of carbonyl (C=O) groups is 1. The van der Waals surface area contributed by atoms with Gasteiger partial charge in [-0.05, 0) is 19.0 Å². The lowest BCUT2D eigenvalue weighted by Crippen LogP contribution is -2.49. The highest BCUT2D eigenvalue weighted by Crippen LogP contribution is 2.44. The van der Waals surface area contributed by atoms with Crippen LogP contribution in [0.1, 0.15) is 29.6 Å². The molecule has 0 saturated carbocycles. The van der Waals surface area contributed by atoms with Gasteiger partial charge in [-0.25, -0.2) is 0 Å². The normalized spacial score (nSPS) is 22.1. The number of carbonyl (C=O) groups excluding carboxylic acids is 1. The van der Waals surface area contributed by atoms with Crippen molar-refractivity contribution >= 4 is 29.1 Å². The Morgan fingerprint density at radius 1 is 1.33 bits per heavy atom. The molecule has 0 radical (unpaired) electrons. The van der Waals surface area contributed by atoms with Crippen molar-refractivity contribution in [3.63, 3.8) is 0 Å². The van der Waals surface area contributed by atoms with Crippen molar-refractivity contribution in [3.05, 3.63) is 21.7 Å². The van der Waals surface area contributed by atoms with Crippen LogP contribution in [0.25, 0.3) is 0 Å². The minimum Gasteiger partial charge on any atom is -0.489 e. The van der Waals surface area contributed by atoms with Crippen LogP contribution in [0.5, 0.6) is 11.5 Å². The Hall–Kier alpha value is -1.29. The number of piperidine rings is 1. The predicted octanol–water partition coefficient (Wildman–Crippen LogP) is 1.92. The SMILES string of the molecule is CO[C@@H]1CN(CCC(O)O)CC[C@H]1CNC(=O)c1cc(Cl)c(Cl)c2c1OCCCO2. The molecular formula is C20H28Cl2N2O6. The highest BCUT2D eigenvalue weighted by molar-refractivity contribution is 6.43. The molecule has 0 bridgehead atoms. The van der Waals surface area contributed by atoms with Gasteiger partial charge >= 0.3 is 0 Å². The average Bonchev–Trinajstić information content (AvgIpc) is 2.99. The molecule has 0 spiro atoms. The lowest BCUT2D eigenvalue weighted by Gasteiger charge is -2.38. The van der Waals surface area contributed by atoms with Gasteiger partial charge in [0, 0.05) is 45.5 Å². The Morgan fingerprint density at radius 2 is 2.07 bits per heavy atom. The summed E-state index contributed by atoms with van der Waals surface area (Å²) >= 11 is 12.4. The molecule has 3 N–H and O–H groups in total. The Morgan fingerprint density at radius 3 is 2.77 bits per heavy atom. The number of aliphatic hydroxyl groups excluding tert-OH is 1. The molecule has 3 rings (SSSR count). The first kappa shape index (κ1) is 23.4. The first-order chi connectivity index (χ1) is 14.4. The minimum atomic E-state index is -1.31. The quantitative estimate of drug-likeness (QED) is 0.532. The summed E-state index contributed by atoms with van der Waals surface area (Å²) in [4.78, 5) is 15.1. The fourth-order valence-corrected chi connectivity index (χ4v) is 4.17. The van der Waals surface area contributed by atoms with Gasteiger partial charge in [0.2, 0.25) is 0 Å². The minimum absolute atomic E-state index is 0.0691. The standard InChI is InChI=1S/C20H28Cl2N2O6/c1-28-15-11-24(6-4-16(25)26)5-3-12(15)10-23-20(27)13-9-14(21)17(22)19-18(13)29-7-2-8-30-19/h9,12,15-16,25-26H,2-8,10-11H2,1H3,(H,23,27)/t12-,15+/m0/s1. The number of fused-ring (bicyclic) bond motifs is 1. The van der Waals surface area contributed by atoms with Crippen LogP contribution >= 0.6 is 23.2 Å². The van der Waals surface area contributed by atoms with Gasteiger partial charge in [0.15, 0.2) is 17.8 Å². The van der Waals surface area contributed by atoms with Crippen LogP contribution in [0.3, 0.4) is 0 Å². The summed E-state index contributed by atoms with van der Waals surface area (Å²) < 4.78 is 17.0. The molecule has 1 aromatic rings. The average molecular weight is 463 g/mol. The Labute approximate surface area is 186 Å². The number of hydrogen-bond acceptors (Lipinski definition) is 7. The van der Waals surface area contributed by atoms with Gasteiger partial charge in [-0.2, -0.15) is 0 Å². The van der Waals surface area contributed by atoms with E-state index in [1.54, 1.807) is 7.11 Å². The van der Waals surface area contributed by atoms with E-state index in [0.717, 1.165) is 13.0 Å². The lowest BCUT2D eigenvalue weighted by atomic mass is 9.93. The first-order valence-electron chi connectivity index (χ1n) is 10.1. The molecule has 2 aliphatic rings. The van der Waals surface area contributed by atoms with Crippen molar-refractivity contribution in [2.75, 3.05) is 46.5 Å². The fourth-order valence-electron chi connectivity index (χ4n) is 3.78. The number of ether oxygens (including phenoxy) is 3. The van der Waals surface area contributed by atoms with Crippen LogP contribution in [0, 0.1) is 5.92 Å². The van der Waals surface area contributed by atoms with E-state index in [0.29, 0.717) is 62.8 Å². The Kier molecular flexibility index (Phi) is 8.44. The molecule has 1 amide bonds. The van der Waals surface area contributed by atoms with Crippen LogP contribution in [-0.2, 0) is 4.74 Å². The smallest absolute Gasteiger partial charge is 0.255 e. The molecule has 2 atom stereocenters. The second-order valence-electron chi connectivity index (χ2n) is 7.53. The molecule has 168 valence electrons. The second-order valence-corrected chi connectivity index (χ2v) is 8.32. The Bertz CT molecular complexity index is 748. The zero-order valence-corrected chi connectivity index (χ0v) is 18.4. The number of hydrogen-bond donors (Lipinski definition) is 3. The van der Waals surface area contributed by atoms with E-state index in [1.165, 1.54) is 6.07 Å². The van der Waals surface area contributed by atoms with E-state index in [2.05, 4.69) is 10.2 Å². The molecule has 0 unspecified atom stereocenters. The summed E-state index contributed by atoms with van der Waals surface area (Å²) in [5.74, 6) is 0.449. The van der Waals surface area contributed by atoms with E-state index in [9.17, 15) is 4.79 Å². The van der Waals surface area contributed by atoms with Crippen molar-refractivity contribution in [1.29, 1.82) is 0 Å². The summed E-state index contributed by atoms with van der Waals surface area (Å²) in [5, 5.41) is 21.6. The molecule has 30 heavy (non-hydrogen) atoms. The van der Waals surface area contributed by atoms with Gasteiger partial charge < -0.3 is 34.6 Å². The molecule has 8 nitrogen and oxygen atoms in total. The molecule has 10 heteroatoms. The van der Waals surface area contributed by atoms with E-state index >= 15 is 0 Å². The number of rotatable bonds is 7. The summed E-state index contributed by atoms with van der Waals surface area (Å²) in [5.41, 5.74) is 0.296.